The first-order chi connectivity index (χ1) is 11.6. The lowest BCUT2D eigenvalue weighted by molar-refractivity contribution is -0.384. The van der Waals surface area contributed by atoms with Crippen LogP contribution in [0.25, 0.3) is 12.2 Å². The topological polar surface area (TPSA) is 72.6 Å². The van der Waals surface area contributed by atoms with E-state index >= 15 is 0 Å². The zero-order valence-electron chi connectivity index (χ0n) is 13.0. The molecule has 0 aliphatic heterocycles. The molecule has 0 fully saturated rings. The molecular weight excluding hydrogens is 313 g/mol. The van der Waals surface area contributed by atoms with Gasteiger partial charge in [-0.25, -0.2) is 0 Å². The Morgan fingerprint density at radius 1 is 1.08 bits per heavy atom. The van der Waals surface area contributed by atoms with Gasteiger partial charge in [-0.2, -0.15) is 0 Å². The van der Waals surface area contributed by atoms with Gasteiger partial charge in [0.1, 0.15) is 5.75 Å². The van der Waals surface area contributed by atoms with Gasteiger partial charge in [0.15, 0.2) is 0 Å². The van der Waals surface area contributed by atoms with Crippen molar-refractivity contribution >= 4 is 17.8 Å². The summed E-state index contributed by atoms with van der Waals surface area (Å²) in [5.41, 5.74) is 1.85. The van der Waals surface area contributed by atoms with Gasteiger partial charge in [0, 0.05) is 18.1 Å². The van der Waals surface area contributed by atoms with E-state index in [1.165, 1.54) is 12.1 Å². The number of non-ortho nitro benzene ring substituents is 1. The largest absolute Gasteiger partial charge is 0.493 e. The first kappa shape index (κ1) is 17.6. The van der Waals surface area contributed by atoms with Crippen LogP contribution in [0.15, 0.2) is 48.5 Å². The number of hydrogen-bond acceptors (Lipinski definition) is 4. The van der Waals surface area contributed by atoms with Crippen LogP contribution >= 0.6 is 0 Å². The van der Waals surface area contributed by atoms with Crippen molar-refractivity contribution in [2.24, 2.45) is 5.92 Å². The molecule has 0 aliphatic carbocycles. The number of benzene rings is 2. The van der Waals surface area contributed by atoms with Gasteiger partial charge >= 0.3 is 0 Å². The molecular formula is C18H18FNO4. The standard InChI is InChI=1S/C18H18FNO4/c19-11-16(12-21)13-24-18-9-5-15(6-10-18)2-1-14-3-7-17(8-4-14)20(22)23/h1-10,16,21H,11-13H2. The van der Waals surface area contributed by atoms with E-state index in [-0.39, 0.29) is 18.9 Å². The first-order valence-corrected chi connectivity index (χ1v) is 7.44. The molecule has 5 nitrogen and oxygen atoms in total. The number of rotatable bonds is 8. The van der Waals surface area contributed by atoms with E-state index in [0.29, 0.717) is 5.75 Å². The molecule has 24 heavy (non-hydrogen) atoms. The normalized spacial score (nSPS) is 12.2. The van der Waals surface area contributed by atoms with Crippen molar-refractivity contribution in [3.63, 3.8) is 0 Å². The highest BCUT2D eigenvalue weighted by atomic mass is 19.1. The lowest BCUT2D eigenvalue weighted by Crippen LogP contribution is -2.17. The molecule has 0 saturated heterocycles. The van der Waals surface area contributed by atoms with E-state index in [4.69, 9.17) is 9.84 Å². The number of alkyl halides is 1. The Bertz CT molecular complexity index is 679. The van der Waals surface area contributed by atoms with Crippen LogP contribution in [0.4, 0.5) is 10.1 Å². The van der Waals surface area contributed by atoms with Gasteiger partial charge < -0.3 is 9.84 Å². The van der Waals surface area contributed by atoms with Crippen LogP contribution in [0.5, 0.6) is 5.75 Å². The Hall–Kier alpha value is -2.73. The number of halogens is 1. The maximum absolute atomic E-state index is 12.5. The highest BCUT2D eigenvalue weighted by Crippen LogP contribution is 2.17. The van der Waals surface area contributed by atoms with Gasteiger partial charge in [0.05, 0.1) is 24.8 Å². The Kier molecular flexibility index (Phi) is 6.45. The summed E-state index contributed by atoms with van der Waals surface area (Å²) in [7, 11) is 0. The molecule has 0 saturated carbocycles. The van der Waals surface area contributed by atoms with Crippen LogP contribution in [-0.4, -0.2) is 29.9 Å². The van der Waals surface area contributed by atoms with Crippen molar-refractivity contribution in [2.75, 3.05) is 19.9 Å². The van der Waals surface area contributed by atoms with Gasteiger partial charge in [0.2, 0.25) is 0 Å². The SMILES string of the molecule is O=[N+]([O-])c1ccc(C=Cc2ccc(OCC(CO)CF)cc2)cc1. The summed E-state index contributed by atoms with van der Waals surface area (Å²) in [5, 5.41) is 19.5. The monoisotopic (exact) mass is 331 g/mol. The van der Waals surface area contributed by atoms with E-state index in [1.54, 1.807) is 24.3 Å². The summed E-state index contributed by atoms with van der Waals surface area (Å²) in [6.07, 6.45) is 3.73. The van der Waals surface area contributed by atoms with E-state index < -0.39 is 17.5 Å². The first-order valence-electron chi connectivity index (χ1n) is 7.44. The van der Waals surface area contributed by atoms with Gasteiger partial charge in [-0.05, 0) is 35.4 Å². The van der Waals surface area contributed by atoms with Gasteiger partial charge in [-0.1, -0.05) is 24.3 Å². The predicted molar refractivity (Wildman–Crippen MR) is 90.5 cm³/mol. The summed E-state index contributed by atoms with van der Waals surface area (Å²) >= 11 is 0. The van der Waals surface area contributed by atoms with Crippen molar-refractivity contribution in [2.45, 2.75) is 0 Å². The number of ether oxygens (including phenoxy) is 1. The van der Waals surface area contributed by atoms with E-state index in [2.05, 4.69) is 0 Å². The van der Waals surface area contributed by atoms with Crippen molar-refractivity contribution in [1.82, 2.24) is 0 Å². The lowest BCUT2D eigenvalue weighted by atomic mass is 10.1. The fourth-order valence-corrected chi connectivity index (χ4v) is 1.93. The molecule has 0 aliphatic rings. The summed E-state index contributed by atoms with van der Waals surface area (Å²) < 4.78 is 17.9. The number of aliphatic hydroxyl groups is 1. The van der Waals surface area contributed by atoms with Crippen molar-refractivity contribution in [3.8, 4) is 5.75 Å². The molecule has 1 unspecified atom stereocenters. The Morgan fingerprint density at radius 2 is 1.62 bits per heavy atom. The summed E-state index contributed by atoms with van der Waals surface area (Å²) in [4.78, 5) is 10.2. The minimum Gasteiger partial charge on any atom is -0.493 e. The van der Waals surface area contributed by atoms with Gasteiger partial charge in [-0.3, -0.25) is 14.5 Å². The molecule has 1 atom stereocenters. The van der Waals surface area contributed by atoms with E-state index in [1.807, 2.05) is 24.3 Å². The molecule has 0 amide bonds. The van der Waals surface area contributed by atoms with Crippen LogP contribution in [0.3, 0.4) is 0 Å². The fraction of sp³-hybridized carbons (Fsp3) is 0.222. The van der Waals surface area contributed by atoms with E-state index in [0.717, 1.165) is 11.1 Å². The Morgan fingerprint density at radius 3 is 2.08 bits per heavy atom. The Balaban J connectivity index is 1.94. The molecule has 0 heterocycles. The third-order valence-corrected chi connectivity index (χ3v) is 3.41. The second-order valence-electron chi connectivity index (χ2n) is 5.26. The molecule has 2 aromatic carbocycles. The zero-order valence-corrected chi connectivity index (χ0v) is 13.0. The maximum Gasteiger partial charge on any atom is 0.269 e. The molecule has 1 N–H and O–H groups in total. The molecule has 2 rings (SSSR count). The molecule has 0 radical (unpaired) electrons. The minimum absolute atomic E-state index is 0.0584. The molecule has 0 spiro atoms. The smallest absolute Gasteiger partial charge is 0.269 e. The number of nitro benzene ring substituents is 1. The lowest BCUT2D eigenvalue weighted by Gasteiger charge is -2.11. The molecule has 2 aromatic rings. The number of nitrogens with zero attached hydrogens (tertiary/aromatic N) is 1. The summed E-state index contributed by atoms with van der Waals surface area (Å²) in [6, 6.07) is 13.5. The third-order valence-electron chi connectivity index (χ3n) is 3.41. The Labute approximate surface area is 139 Å². The number of nitro groups is 1. The van der Waals surface area contributed by atoms with Gasteiger partial charge in [0.25, 0.3) is 5.69 Å². The number of hydrogen-bond donors (Lipinski definition) is 1. The zero-order chi connectivity index (χ0) is 17.4. The summed E-state index contributed by atoms with van der Waals surface area (Å²) in [5.74, 6) is 0.0982. The van der Waals surface area contributed by atoms with Crippen LogP contribution in [0, 0.1) is 16.0 Å². The van der Waals surface area contributed by atoms with Crippen molar-refractivity contribution in [3.05, 3.63) is 69.8 Å². The average Bonchev–Trinajstić information content (AvgIpc) is 2.62. The van der Waals surface area contributed by atoms with Crippen LogP contribution in [0.2, 0.25) is 0 Å². The maximum atomic E-state index is 12.5. The predicted octanol–water partition coefficient (Wildman–Crippen LogP) is 3.72. The second kappa shape index (κ2) is 8.79. The molecule has 126 valence electrons. The fourth-order valence-electron chi connectivity index (χ4n) is 1.93. The molecule has 0 bridgehead atoms. The minimum atomic E-state index is -0.618. The quantitative estimate of drug-likeness (QED) is 0.454. The number of aliphatic hydroxyl groups excluding tert-OH is 1. The van der Waals surface area contributed by atoms with Crippen LogP contribution in [-0.2, 0) is 0 Å². The van der Waals surface area contributed by atoms with Gasteiger partial charge in [-0.15, -0.1) is 0 Å². The van der Waals surface area contributed by atoms with Crippen molar-refractivity contribution < 1.29 is 19.2 Å². The second-order valence-corrected chi connectivity index (χ2v) is 5.26. The van der Waals surface area contributed by atoms with Crippen LogP contribution in [0.1, 0.15) is 11.1 Å². The molecule has 0 aromatic heterocycles. The summed E-state index contributed by atoms with van der Waals surface area (Å²) in [6.45, 7) is -0.732. The molecule has 6 heteroatoms. The van der Waals surface area contributed by atoms with Crippen LogP contribution < -0.4 is 4.74 Å². The van der Waals surface area contributed by atoms with Crippen molar-refractivity contribution in [1.29, 1.82) is 0 Å². The van der Waals surface area contributed by atoms with E-state index in [9.17, 15) is 14.5 Å². The highest BCUT2D eigenvalue weighted by molar-refractivity contribution is 5.70. The average molecular weight is 331 g/mol. The highest BCUT2D eigenvalue weighted by Gasteiger charge is 2.07. The third kappa shape index (κ3) is 5.17.